The zero-order valence-electron chi connectivity index (χ0n) is 15.7. The summed E-state index contributed by atoms with van der Waals surface area (Å²) in [6.45, 7) is 1.67. The minimum absolute atomic E-state index is 0.120. The lowest BCUT2D eigenvalue weighted by Crippen LogP contribution is -2.51. The van der Waals surface area contributed by atoms with Crippen molar-refractivity contribution in [2.75, 3.05) is 20.2 Å². The van der Waals surface area contributed by atoms with Crippen LogP contribution in [0.1, 0.15) is 17.3 Å². The van der Waals surface area contributed by atoms with Crippen LogP contribution in [0, 0.1) is 0 Å². The van der Waals surface area contributed by atoms with Crippen LogP contribution in [0.5, 0.6) is 11.5 Å². The molecule has 4 rings (SSSR count). The first-order valence-electron chi connectivity index (χ1n) is 9.20. The second-order valence-corrected chi connectivity index (χ2v) is 6.77. The van der Waals surface area contributed by atoms with Crippen molar-refractivity contribution in [3.8, 4) is 11.5 Å². The van der Waals surface area contributed by atoms with E-state index in [-0.39, 0.29) is 11.9 Å². The molecular weight excluding hydrogens is 356 g/mol. The SMILES string of the molecule is COc1ccc(CC(=O)N2CC(n3cc(COc4ccccc4)nn3)C2)cc1. The van der Waals surface area contributed by atoms with E-state index in [1.54, 1.807) is 7.11 Å². The van der Waals surface area contributed by atoms with E-state index in [2.05, 4.69) is 10.3 Å². The molecule has 0 aliphatic carbocycles. The minimum atomic E-state index is 0.120. The van der Waals surface area contributed by atoms with Crippen LogP contribution in [0.4, 0.5) is 0 Å². The molecule has 0 N–H and O–H groups in total. The van der Waals surface area contributed by atoms with E-state index in [1.807, 2.05) is 70.4 Å². The van der Waals surface area contributed by atoms with E-state index >= 15 is 0 Å². The van der Waals surface area contributed by atoms with E-state index < -0.39 is 0 Å². The molecule has 2 heterocycles. The quantitative estimate of drug-likeness (QED) is 0.632. The van der Waals surface area contributed by atoms with E-state index in [4.69, 9.17) is 9.47 Å². The van der Waals surface area contributed by atoms with Gasteiger partial charge in [-0.25, -0.2) is 4.68 Å². The van der Waals surface area contributed by atoms with E-state index in [0.717, 1.165) is 22.8 Å². The fraction of sp³-hybridized carbons (Fsp3) is 0.286. The molecule has 0 spiro atoms. The third kappa shape index (κ3) is 4.14. The first-order chi connectivity index (χ1) is 13.7. The monoisotopic (exact) mass is 378 g/mol. The predicted molar refractivity (Wildman–Crippen MR) is 103 cm³/mol. The van der Waals surface area contributed by atoms with Gasteiger partial charge in [-0.2, -0.15) is 0 Å². The molecule has 0 atom stereocenters. The number of ether oxygens (including phenoxy) is 2. The Hall–Kier alpha value is -3.35. The second-order valence-electron chi connectivity index (χ2n) is 6.77. The van der Waals surface area contributed by atoms with E-state index in [9.17, 15) is 4.79 Å². The Bertz CT molecular complexity index is 918. The summed E-state index contributed by atoms with van der Waals surface area (Å²) < 4.78 is 12.7. The van der Waals surface area contributed by atoms with Gasteiger partial charge in [0.1, 0.15) is 23.8 Å². The van der Waals surface area contributed by atoms with Crippen LogP contribution in [-0.4, -0.2) is 46.0 Å². The van der Waals surface area contributed by atoms with Gasteiger partial charge in [-0.15, -0.1) is 5.10 Å². The summed E-state index contributed by atoms with van der Waals surface area (Å²) >= 11 is 0. The summed E-state index contributed by atoms with van der Waals surface area (Å²) in [6, 6.07) is 17.4. The molecule has 3 aromatic rings. The maximum absolute atomic E-state index is 12.4. The van der Waals surface area contributed by atoms with Gasteiger partial charge in [0.15, 0.2) is 0 Å². The minimum Gasteiger partial charge on any atom is -0.497 e. The lowest BCUT2D eigenvalue weighted by atomic mass is 10.1. The summed E-state index contributed by atoms with van der Waals surface area (Å²) in [5.74, 6) is 1.71. The van der Waals surface area contributed by atoms with Gasteiger partial charge in [-0.05, 0) is 29.8 Å². The molecular formula is C21H22N4O3. The smallest absolute Gasteiger partial charge is 0.227 e. The number of methoxy groups -OCH3 is 1. The van der Waals surface area contributed by atoms with Gasteiger partial charge in [0, 0.05) is 13.1 Å². The van der Waals surface area contributed by atoms with Gasteiger partial charge in [0.25, 0.3) is 0 Å². The van der Waals surface area contributed by atoms with Crippen LogP contribution in [0.3, 0.4) is 0 Å². The third-order valence-corrected chi connectivity index (χ3v) is 4.79. The number of benzene rings is 2. The number of carbonyl (C=O) groups is 1. The number of hydrogen-bond donors (Lipinski definition) is 0. The second kappa shape index (κ2) is 8.12. The van der Waals surface area contributed by atoms with Crippen LogP contribution in [0.2, 0.25) is 0 Å². The average molecular weight is 378 g/mol. The maximum atomic E-state index is 12.4. The number of para-hydroxylation sites is 1. The Morgan fingerprint density at radius 1 is 1.07 bits per heavy atom. The molecule has 28 heavy (non-hydrogen) atoms. The standard InChI is InChI=1S/C21H22N4O3/c1-27-19-9-7-16(8-10-19)11-21(26)24-13-18(14-24)25-12-17(22-23-25)15-28-20-5-3-2-4-6-20/h2-10,12,18H,11,13-15H2,1H3. The van der Waals surface area contributed by atoms with Crippen molar-refractivity contribution in [2.24, 2.45) is 0 Å². The highest BCUT2D eigenvalue weighted by atomic mass is 16.5. The van der Waals surface area contributed by atoms with Crippen molar-refractivity contribution in [1.29, 1.82) is 0 Å². The Morgan fingerprint density at radius 3 is 2.54 bits per heavy atom. The average Bonchev–Trinajstić information content (AvgIpc) is 3.15. The first-order valence-corrected chi connectivity index (χ1v) is 9.20. The van der Waals surface area contributed by atoms with Gasteiger partial charge in [0.2, 0.25) is 5.91 Å². The van der Waals surface area contributed by atoms with Crippen molar-refractivity contribution < 1.29 is 14.3 Å². The number of carbonyl (C=O) groups excluding carboxylic acids is 1. The molecule has 2 aromatic carbocycles. The maximum Gasteiger partial charge on any atom is 0.227 e. The molecule has 0 unspecified atom stereocenters. The molecule has 7 heteroatoms. The van der Waals surface area contributed by atoms with Crippen molar-refractivity contribution in [2.45, 2.75) is 19.1 Å². The summed E-state index contributed by atoms with van der Waals surface area (Å²) in [5, 5.41) is 8.34. The van der Waals surface area contributed by atoms with Crippen molar-refractivity contribution >= 4 is 5.91 Å². The number of amides is 1. The van der Waals surface area contributed by atoms with Crippen LogP contribution in [0.25, 0.3) is 0 Å². The van der Waals surface area contributed by atoms with Crippen molar-refractivity contribution in [3.05, 3.63) is 72.1 Å². The molecule has 0 radical (unpaired) electrons. The molecule has 1 aliphatic heterocycles. The number of hydrogen-bond acceptors (Lipinski definition) is 5. The van der Waals surface area contributed by atoms with E-state index in [0.29, 0.717) is 26.1 Å². The summed E-state index contributed by atoms with van der Waals surface area (Å²) in [4.78, 5) is 14.3. The molecule has 1 aliphatic rings. The molecule has 1 aromatic heterocycles. The summed E-state index contributed by atoms with van der Waals surface area (Å²) in [7, 11) is 1.63. The fourth-order valence-corrected chi connectivity index (χ4v) is 3.09. The van der Waals surface area contributed by atoms with Crippen LogP contribution in [0.15, 0.2) is 60.8 Å². The number of rotatable bonds is 7. The van der Waals surface area contributed by atoms with E-state index in [1.165, 1.54) is 0 Å². The molecule has 0 bridgehead atoms. The topological polar surface area (TPSA) is 69.5 Å². The fourth-order valence-electron chi connectivity index (χ4n) is 3.09. The Morgan fingerprint density at radius 2 is 1.82 bits per heavy atom. The highest BCUT2D eigenvalue weighted by Crippen LogP contribution is 2.22. The number of aromatic nitrogens is 3. The molecule has 0 saturated carbocycles. The van der Waals surface area contributed by atoms with Crippen LogP contribution in [-0.2, 0) is 17.8 Å². The van der Waals surface area contributed by atoms with Crippen LogP contribution < -0.4 is 9.47 Å². The zero-order valence-corrected chi connectivity index (χ0v) is 15.7. The molecule has 144 valence electrons. The van der Waals surface area contributed by atoms with Crippen molar-refractivity contribution in [3.63, 3.8) is 0 Å². The van der Waals surface area contributed by atoms with Gasteiger partial charge < -0.3 is 14.4 Å². The summed E-state index contributed by atoms with van der Waals surface area (Å²) in [6.07, 6.45) is 2.28. The molecule has 7 nitrogen and oxygen atoms in total. The first kappa shape index (κ1) is 18.0. The largest absolute Gasteiger partial charge is 0.497 e. The van der Waals surface area contributed by atoms with Gasteiger partial charge in [-0.1, -0.05) is 35.5 Å². The Balaban J connectivity index is 1.25. The van der Waals surface area contributed by atoms with Crippen LogP contribution >= 0.6 is 0 Å². The Labute approximate surface area is 163 Å². The molecule has 1 saturated heterocycles. The number of likely N-dealkylation sites (tertiary alicyclic amines) is 1. The predicted octanol–water partition coefficient (Wildman–Crippen LogP) is 2.49. The normalized spacial score (nSPS) is 13.8. The summed E-state index contributed by atoms with van der Waals surface area (Å²) in [5.41, 5.74) is 1.75. The third-order valence-electron chi connectivity index (χ3n) is 4.79. The number of nitrogens with zero attached hydrogens (tertiary/aromatic N) is 4. The van der Waals surface area contributed by atoms with Gasteiger partial charge in [-0.3, -0.25) is 4.79 Å². The lowest BCUT2D eigenvalue weighted by molar-refractivity contribution is -0.136. The van der Waals surface area contributed by atoms with Gasteiger partial charge in [0.05, 0.1) is 25.8 Å². The Kier molecular flexibility index (Phi) is 5.23. The molecule has 1 amide bonds. The lowest BCUT2D eigenvalue weighted by Gasteiger charge is -2.39. The molecule has 1 fully saturated rings. The zero-order chi connectivity index (χ0) is 19.3. The highest BCUT2D eigenvalue weighted by Gasteiger charge is 2.32. The van der Waals surface area contributed by atoms with Gasteiger partial charge >= 0.3 is 0 Å². The van der Waals surface area contributed by atoms with Crippen molar-refractivity contribution in [1.82, 2.24) is 19.9 Å². The highest BCUT2D eigenvalue weighted by molar-refractivity contribution is 5.79.